The highest BCUT2D eigenvalue weighted by Crippen LogP contribution is 2.12. The molecule has 1 aliphatic rings. The van der Waals surface area contributed by atoms with Gasteiger partial charge in [-0.05, 0) is 41.8 Å². The van der Waals surface area contributed by atoms with Gasteiger partial charge in [-0.2, -0.15) is 0 Å². The van der Waals surface area contributed by atoms with Crippen molar-refractivity contribution in [2.75, 3.05) is 19.8 Å². The highest BCUT2D eigenvalue weighted by atomic mass is 79.9. The summed E-state index contributed by atoms with van der Waals surface area (Å²) < 4.78 is 13.6. The number of aryl methyl sites for hydroxylation is 1. The Hall–Kier alpha value is -0.650. The van der Waals surface area contributed by atoms with Gasteiger partial charge in [0.15, 0.2) is 0 Å². The number of ether oxygens (including phenoxy) is 2. The van der Waals surface area contributed by atoms with Gasteiger partial charge in [0.1, 0.15) is 0 Å². The third-order valence-electron chi connectivity index (χ3n) is 3.04. The van der Waals surface area contributed by atoms with E-state index in [1.807, 2.05) is 13.0 Å². The van der Waals surface area contributed by atoms with Crippen molar-refractivity contribution in [3.05, 3.63) is 32.7 Å². The molecule has 2 heterocycles. The molecule has 0 aromatic carbocycles. The lowest BCUT2D eigenvalue weighted by molar-refractivity contribution is 0.0146. The van der Waals surface area contributed by atoms with Crippen LogP contribution in [-0.2, 0) is 16.0 Å². The zero-order valence-corrected chi connectivity index (χ0v) is 12.1. The summed E-state index contributed by atoms with van der Waals surface area (Å²) in [6, 6.07) is 1.83. The summed E-state index contributed by atoms with van der Waals surface area (Å²) in [4.78, 5) is 11.8. The number of nitrogens with zero attached hydrogens (tertiary/aromatic N) is 1. The molecular weight excluding hydrogens is 298 g/mol. The first-order chi connectivity index (χ1) is 8.66. The van der Waals surface area contributed by atoms with Gasteiger partial charge in [0.05, 0.1) is 19.3 Å². The molecule has 1 saturated heterocycles. The van der Waals surface area contributed by atoms with E-state index < -0.39 is 0 Å². The smallest absolute Gasteiger partial charge is 0.253 e. The van der Waals surface area contributed by atoms with E-state index in [-0.39, 0.29) is 11.7 Å². The SMILES string of the molecule is Cc1cc(Br)cn(CCOC[C@H]2CCCO2)c1=O. The molecule has 0 amide bonds. The Labute approximate surface area is 115 Å². The Balaban J connectivity index is 1.81. The largest absolute Gasteiger partial charge is 0.377 e. The van der Waals surface area contributed by atoms with Gasteiger partial charge >= 0.3 is 0 Å². The van der Waals surface area contributed by atoms with Crippen molar-refractivity contribution in [3.8, 4) is 0 Å². The lowest BCUT2D eigenvalue weighted by atomic mass is 10.2. The van der Waals surface area contributed by atoms with Gasteiger partial charge in [0, 0.05) is 29.4 Å². The molecule has 0 bridgehead atoms. The van der Waals surface area contributed by atoms with E-state index in [0.29, 0.717) is 19.8 Å². The van der Waals surface area contributed by atoms with Crippen LogP contribution < -0.4 is 5.56 Å². The molecule has 0 N–H and O–H groups in total. The highest BCUT2D eigenvalue weighted by molar-refractivity contribution is 9.10. The number of rotatable bonds is 5. The molecule has 1 aromatic rings. The summed E-state index contributed by atoms with van der Waals surface area (Å²) in [6.45, 7) is 4.40. The van der Waals surface area contributed by atoms with Crippen molar-refractivity contribution in [1.29, 1.82) is 0 Å². The molecule has 0 spiro atoms. The third-order valence-corrected chi connectivity index (χ3v) is 3.47. The Kier molecular flexibility index (Phi) is 4.97. The molecule has 2 rings (SSSR count). The summed E-state index contributed by atoms with van der Waals surface area (Å²) in [5, 5.41) is 0. The van der Waals surface area contributed by atoms with E-state index >= 15 is 0 Å². The summed E-state index contributed by atoms with van der Waals surface area (Å²) in [6.07, 6.45) is 4.24. The van der Waals surface area contributed by atoms with Crippen LogP contribution in [0.15, 0.2) is 21.5 Å². The molecule has 1 aliphatic heterocycles. The van der Waals surface area contributed by atoms with Gasteiger partial charge < -0.3 is 14.0 Å². The standard InChI is InChI=1S/C13H18BrNO3/c1-10-7-11(14)8-15(13(10)16)4-6-17-9-12-3-2-5-18-12/h7-8,12H,2-6,9H2,1H3/t12-/m1/s1. The minimum Gasteiger partial charge on any atom is -0.377 e. The Morgan fingerprint density at radius 2 is 2.44 bits per heavy atom. The Bertz CT molecular complexity index is 452. The lowest BCUT2D eigenvalue weighted by Crippen LogP contribution is -2.25. The zero-order valence-electron chi connectivity index (χ0n) is 10.5. The van der Waals surface area contributed by atoms with Gasteiger partial charge in [-0.15, -0.1) is 0 Å². The quantitative estimate of drug-likeness (QED) is 0.781. The van der Waals surface area contributed by atoms with Crippen molar-refractivity contribution < 1.29 is 9.47 Å². The average Bonchev–Trinajstić information content (AvgIpc) is 2.83. The van der Waals surface area contributed by atoms with Crippen molar-refractivity contribution >= 4 is 15.9 Å². The highest BCUT2D eigenvalue weighted by Gasteiger charge is 2.15. The second-order valence-corrected chi connectivity index (χ2v) is 5.47. The van der Waals surface area contributed by atoms with Crippen LogP contribution in [0, 0.1) is 6.92 Å². The molecule has 0 saturated carbocycles. The second-order valence-electron chi connectivity index (χ2n) is 4.55. The van der Waals surface area contributed by atoms with Crippen molar-refractivity contribution in [3.63, 3.8) is 0 Å². The molecule has 4 nitrogen and oxygen atoms in total. The molecule has 0 unspecified atom stereocenters. The van der Waals surface area contributed by atoms with E-state index in [0.717, 1.165) is 29.5 Å². The predicted octanol–water partition coefficient (Wildman–Crippen LogP) is 2.11. The normalized spacial score (nSPS) is 19.3. The summed E-state index contributed by atoms with van der Waals surface area (Å²) in [5.74, 6) is 0. The van der Waals surface area contributed by atoms with Crippen LogP contribution >= 0.6 is 15.9 Å². The van der Waals surface area contributed by atoms with E-state index in [9.17, 15) is 4.79 Å². The van der Waals surface area contributed by atoms with Crippen LogP contribution in [0.4, 0.5) is 0 Å². The van der Waals surface area contributed by atoms with Gasteiger partial charge in [0.25, 0.3) is 5.56 Å². The molecule has 100 valence electrons. The van der Waals surface area contributed by atoms with Crippen LogP contribution in [-0.4, -0.2) is 30.5 Å². The Morgan fingerprint density at radius 3 is 3.17 bits per heavy atom. The lowest BCUT2D eigenvalue weighted by Gasteiger charge is -2.11. The Morgan fingerprint density at radius 1 is 1.61 bits per heavy atom. The van der Waals surface area contributed by atoms with Gasteiger partial charge in [-0.25, -0.2) is 0 Å². The van der Waals surface area contributed by atoms with Crippen LogP contribution in [0.5, 0.6) is 0 Å². The fraction of sp³-hybridized carbons (Fsp3) is 0.615. The van der Waals surface area contributed by atoms with Crippen molar-refractivity contribution in [2.24, 2.45) is 0 Å². The van der Waals surface area contributed by atoms with Crippen LogP contribution in [0.3, 0.4) is 0 Å². The zero-order chi connectivity index (χ0) is 13.0. The molecule has 0 aliphatic carbocycles. The third kappa shape index (κ3) is 3.67. The van der Waals surface area contributed by atoms with E-state index in [1.165, 1.54) is 0 Å². The summed E-state index contributed by atoms with van der Waals surface area (Å²) in [5.41, 5.74) is 0.780. The van der Waals surface area contributed by atoms with Gasteiger partial charge in [-0.3, -0.25) is 4.79 Å². The van der Waals surface area contributed by atoms with E-state index in [4.69, 9.17) is 9.47 Å². The van der Waals surface area contributed by atoms with E-state index in [2.05, 4.69) is 15.9 Å². The first kappa shape index (κ1) is 13.8. The van der Waals surface area contributed by atoms with Crippen LogP contribution in [0.25, 0.3) is 0 Å². The minimum absolute atomic E-state index is 0.0407. The maximum atomic E-state index is 11.8. The summed E-state index contributed by atoms with van der Waals surface area (Å²) >= 11 is 3.39. The number of aromatic nitrogens is 1. The van der Waals surface area contributed by atoms with Gasteiger partial charge in [0.2, 0.25) is 0 Å². The first-order valence-electron chi connectivity index (χ1n) is 6.23. The molecule has 18 heavy (non-hydrogen) atoms. The van der Waals surface area contributed by atoms with E-state index in [1.54, 1.807) is 10.8 Å². The average molecular weight is 316 g/mol. The maximum absolute atomic E-state index is 11.8. The topological polar surface area (TPSA) is 40.5 Å². The monoisotopic (exact) mass is 315 g/mol. The summed E-state index contributed by atoms with van der Waals surface area (Å²) in [7, 11) is 0. The maximum Gasteiger partial charge on any atom is 0.253 e. The second kappa shape index (κ2) is 6.50. The molecular formula is C13H18BrNO3. The molecule has 1 aromatic heterocycles. The molecule has 1 atom stereocenters. The first-order valence-corrected chi connectivity index (χ1v) is 7.02. The fourth-order valence-corrected chi connectivity index (χ4v) is 2.65. The number of hydrogen-bond acceptors (Lipinski definition) is 3. The minimum atomic E-state index is 0.0407. The fourth-order valence-electron chi connectivity index (χ4n) is 2.06. The molecule has 5 heteroatoms. The number of hydrogen-bond donors (Lipinski definition) is 0. The predicted molar refractivity (Wildman–Crippen MR) is 72.9 cm³/mol. The van der Waals surface area contributed by atoms with Crippen molar-refractivity contribution in [1.82, 2.24) is 4.57 Å². The number of pyridine rings is 1. The van der Waals surface area contributed by atoms with Crippen LogP contribution in [0.2, 0.25) is 0 Å². The van der Waals surface area contributed by atoms with Crippen molar-refractivity contribution in [2.45, 2.75) is 32.4 Å². The van der Waals surface area contributed by atoms with Crippen LogP contribution in [0.1, 0.15) is 18.4 Å². The molecule has 1 fully saturated rings. The molecule has 0 radical (unpaired) electrons. The van der Waals surface area contributed by atoms with Gasteiger partial charge in [-0.1, -0.05) is 0 Å². The number of halogens is 1.